The zero-order valence-electron chi connectivity index (χ0n) is 27.2. The standard InChI is InChI=1S/C36H37ClN6O4S/c1-24-6-19-34-33(22-24)32(25(2)43(34)36(45)26-7-9-27(37)10-8-26)23-35(44)38-20-5-21-39-48(46,47)31-17-13-29(14-18-31)41-40-28-11-15-30(16-12-28)42(3)4/h6-19,22,39H,5,20-21,23H2,1-4H3,(H,38,44). The molecule has 0 fully saturated rings. The number of halogens is 1. The highest BCUT2D eigenvalue weighted by Gasteiger charge is 2.22. The van der Waals surface area contributed by atoms with Crippen molar-refractivity contribution in [1.82, 2.24) is 14.6 Å². The van der Waals surface area contributed by atoms with Crippen LogP contribution in [0.5, 0.6) is 0 Å². The van der Waals surface area contributed by atoms with Crippen LogP contribution in [0.2, 0.25) is 5.02 Å². The van der Waals surface area contributed by atoms with E-state index in [9.17, 15) is 18.0 Å². The van der Waals surface area contributed by atoms with Gasteiger partial charge in [0.05, 0.1) is 28.2 Å². The Bertz CT molecular complexity index is 2070. The molecule has 5 aromatic rings. The Morgan fingerprint density at radius 2 is 1.46 bits per heavy atom. The van der Waals surface area contributed by atoms with E-state index in [1.165, 1.54) is 12.1 Å². The molecule has 0 atom stereocenters. The van der Waals surface area contributed by atoms with Gasteiger partial charge in [-0.1, -0.05) is 23.2 Å². The van der Waals surface area contributed by atoms with Gasteiger partial charge in [-0.15, -0.1) is 0 Å². The first-order valence-electron chi connectivity index (χ1n) is 15.4. The molecule has 0 aliphatic heterocycles. The number of carbonyl (C=O) groups is 2. The summed E-state index contributed by atoms with van der Waals surface area (Å²) in [6.07, 6.45) is 0.461. The topological polar surface area (TPSA) is 125 Å². The third kappa shape index (κ3) is 8.17. The first kappa shape index (κ1) is 34.5. The predicted octanol–water partition coefficient (Wildman–Crippen LogP) is 7.11. The number of carbonyl (C=O) groups excluding carboxylic acids is 2. The van der Waals surface area contributed by atoms with Gasteiger partial charge in [0.2, 0.25) is 15.9 Å². The normalized spacial score (nSPS) is 11.7. The fraction of sp³-hybridized carbons (Fsp3) is 0.222. The lowest BCUT2D eigenvalue weighted by atomic mass is 10.1. The smallest absolute Gasteiger partial charge is 0.262 e. The Morgan fingerprint density at radius 1 is 0.833 bits per heavy atom. The Hall–Kier alpha value is -4.84. The number of anilines is 1. The Kier molecular flexibility index (Phi) is 10.7. The number of rotatable bonds is 12. The Balaban J connectivity index is 1.14. The van der Waals surface area contributed by atoms with Crippen LogP contribution in [0.3, 0.4) is 0 Å². The lowest BCUT2D eigenvalue weighted by Gasteiger charge is -2.11. The summed E-state index contributed by atoms with van der Waals surface area (Å²) in [4.78, 5) is 28.6. The second-order valence-corrected chi connectivity index (χ2v) is 13.8. The first-order valence-corrected chi connectivity index (χ1v) is 17.3. The van der Waals surface area contributed by atoms with Crippen molar-refractivity contribution < 1.29 is 18.0 Å². The number of hydrogen-bond acceptors (Lipinski definition) is 7. The van der Waals surface area contributed by atoms with Gasteiger partial charge in [0.15, 0.2) is 0 Å². The van der Waals surface area contributed by atoms with Crippen LogP contribution in [0.15, 0.2) is 106 Å². The van der Waals surface area contributed by atoms with E-state index in [1.54, 1.807) is 41.0 Å². The van der Waals surface area contributed by atoms with Crippen LogP contribution in [0.25, 0.3) is 10.9 Å². The molecule has 1 amide bonds. The largest absolute Gasteiger partial charge is 0.378 e. The first-order chi connectivity index (χ1) is 22.9. The molecule has 4 aromatic carbocycles. The van der Waals surface area contributed by atoms with Gasteiger partial charge in [-0.25, -0.2) is 13.1 Å². The molecule has 1 aromatic heterocycles. The van der Waals surface area contributed by atoms with Crippen LogP contribution in [0.1, 0.15) is 33.6 Å². The van der Waals surface area contributed by atoms with Crippen LogP contribution < -0.4 is 14.9 Å². The molecule has 48 heavy (non-hydrogen) atoms. The number of aromatic nitrogens is 1. The van der Waals surface area contributed by atoms with Gasteiger partial charge in [-0.3, -0.25) is 14.2 Å². The quantitative estimate of drug-likeness (QED) is 0.107. The van der Waals surface area contributed by atoms with Crippen LogP contribution >= 0.6 is 11.6 Å². The van der Waals surface area contributed by atoms with Crippen LogP contribution in [-0.4, -0.2) is 52.0 Å². The maximum Gasteiger partial charge on any atom is 0.262 e. The summed E-state index contributed by atoms with van der Waals surface area (Å²) in [5.41, 5.74) is 5.93. The highest BCUT2D eigenvalue weighted by atomic mass is 35.5. The number of amides is 1. The van der Waals surface area contributed by atoms with E-state index in [0.717, 1.165) is 27.7 Å². The fourth-order valence-electron chi connectivity index (χ4n) is 5.26. The summed E-state index contributed by atoms with van der Waals surface area (Å²) in [5, 5.41) is 12.7. The summed E-state index contributed by atoms with van der Waals surface area (Å²) in [5.74, 6) is -0.430. The zero-order chi connectivity index (χ0) is 34.4. The lowest BCUT2D eigenvalue weighted by Crippen LogP contribution is -2.30. The monoisotopic (exact) mass is 684 g/mol. The molecule has 0 radical (unpaired) electrons. The molecular weight excluding hydrogens is 648 g/mol. The maximum absolute atomic E-state index is 13.5. The van der Waals surface area contributed by atoms with E-state index >= 15 is 0 Å². The SMILES string of the molecule is Cc1ccc2c(c1)c(CC(=O)NCCCNS(=O)(=O)c1ccc(N=Nc3ccc(N(C)C)cc3)cc1)c(C)n2C(=O)c1ccc(Cl)cc1. The second kappa shape index (κ2) is 14.9. The maximum atomic E-state index is 13.5. The van der Waals surface area contributed by atoms with Crippen LogP contribution in [0.4, 0.5) is 17.1 Å². The van der Waals surface area contributed by atoms with Crippen molar-refractivity contribution in [3.8, 4) is 0 Å². The minimum atomic E-state index is -3.75. The molecular formula is C36H37ClN6O4S. The summed E-state index contributed by atoms with van der Waals surface area (Å²) in [7, 11) is 0.163. The third-order valence-corrected chi connectivity index (χ3v) is 9.61. The fourth-order valence-corrected chi connectivity index (χ4v) is 6.46. The number of nitrogens with one attached hydrogen (secondary N) is 2. The van der Waals surface area contributed by atoms with Gasteiger partial charge in [-0.05, 0) is 111 Å². The average molecular weight is 685 g/mol. The van der Waals surface area contributed by atoms with Crippen molar-refractivity contribution in [2.75, 3.05) is 32.1 Å². The van der Waals surface area contributed by atoms with E-state index in [-0.39, 0.29) is 36.2 Å². The van der Waals surface area contributed by atoms with E-state index in [0.29, 0.717) is 34.1 Å². The highest BCUT2D eigenvalue weighted by Crippen LogP contribution is 2.29. The molecule has 248 valence electrons. The van der Waals surface area contributed by atoms with E-state index in [2.05, 4.69) is 20.3 Å². The van der Waals surface area contributed by atoms with Crippen molar-refractivity contribution in [3.05, 3.63) is 118 Å². The minimum absolute atomic E-state index is 0.0729. The van der Waals surface area contributed by atoms with Crippen molar-refractivity contribution in [3.63, 3.8) is 0 Å². The molecule has 0 saturated heterocycles. The van der Waals surface area contributed by atoms with Crippen molar-refractivity contribution in [2.24, 2.45) is 10.2 Å². The minimum Gasteiger partial charge on any atom is -0.378 e. The molecule has 10 nitrogen and oxygen atoms in total. The molecule has 0 spiro atoms. The third-order valence-electron chi connectivity index (χ3n) is 7.88. The summed E-state index contributed by atoms with van der Waals surface area (Å²) in [6, 6.07) is 26.2. The number of fused-ring (bicyclic) bond motifs is 1. The highest BCUT2D eigenvalue weighted by molar-refractivity contribution is 7.89. The molecule has 2 N–H and O–H groups in total. The zero-order valence-corrected chi connectivity index (χ0v) is 28.8. The number of azo groups is 1. The lowest BCUT2D eigenvalue weighted by molar-refractivity contribution is -0.120. The van der Waals surface area contributed by atoms with Crippen molar-refractivity contribution in [2.45, 2.75) is 31.6 Å². The molecule has 1 heterocycles. The van der Waals surface area contributed by atoms with Gasteiger partial charge in [0.25, 0.3) is 5.91 Å². The number of sulfonamides is 1. The van der Waals surface area contributed by atoms with Gasteiger partial charge >= 0.3 is 0 Å². The molecule has 0 aliphatic rings. The summed E-state index contributed by atoms with van der Waals surface area (Å²) >= 11 is 6.02. The molecule has 5 rings (SSSR count). The van der Waals surface area contributed by atoms with E-state index in [1.807, 2.05) is 75.3 Å². The molecule has 12 heteroatoms. The van der Waals surface area contributed by atoms with Gasteiger partial charge in [0.1, 0.15) is 0 Å². The van der Waals surface area contributed by atoms with Crippen molar-refractivity contribution in [1.29, 1.82) is 0 Å². The molecule has 0 unspecified atom stereocenters. The predicted molar refractivity (Wildman–Crippen MR) is 190 cm³/mol. The van der Waals surface area contributed by atoms with Crippen LogP contribution in [0, 0.1) is 13.8 Å². The molecule has 0 aliphatic carbocycles. The average Bonchev–Trinajstić information content (AvgIpc) is 3.33. The van der Waals surface area contributed by atoms with E-state index < -0.39 is 10.0 Å². The van der Waals surface area contributed by atoms with E-state index in [4.69, 9.17) is 11.6 Å². The Labute approximate surface area is 285 Å². The summed E-state index contributed by atoms with van der Waals surface area (Å²) in [6.45, 7) is 4.21. The van der Waals surface area contributed by atoms with Crippen LogP contribution in [-0.2, 0) is 21.2 Å². The summed E-state index contributed by atoms with van der Waals surface area (Å²) < 4.78 is 29.9. The number of benzene rings is 4. The Morgan fingerprint density at radius 3 is 2.08 bits per heavy atom. The number of aryl methyl sites for hydroxylation is 1. The number of nitrogens with zero attached hydrogens (tertiary/aromatic N) is 4. The van der Waals surface area contributed by atoms with Gasteiger partial charge in [-0.2, -0.15) is 10.2 Å². The number of hydrogen-bond donors (Lipinski definition) is 2. The van der Waals surface area contributed by atoms with Crippen molar-refractivity contribution >= 4 is 61.4 Å². The van der Waals surface area contributed by atoms with Gasteiger partial charge in [0, 0.05) is 54.5 Å². The molecule has 0 bridgehead atoms. The second-order valence-electron chi connectivity index (χ2n) is 11.6. The molecule has 0 saturated carbocycles. The van der Waals surface area contributed by atoms with Gasteiger partial charge < -0.3 is 10.2 Å².